The van der Waals surface area contributed by atoms with E-state index in [0.717, 1.165) is 31.0 Å². The Kier molecular flexibility index (Phi) is 4.71. The van der Waals surface area contributed by atoms with Crippen molar-refractivity contribution in [1.29, 1.82) is 0 Å². The molecule has 0 aromatic carbocycles. The number of carbonyl (C=O) groups is 1. The Balaban J connectivity index is 1.58. The van der Waals surface area contributed by atoms with E-state index in [1.54, 1.807) is 6.92 Å². The van der Waals surface area contributed by atoms with Crippen LogP contribution in [0.15, 0.2) is 21.3 Å². The average molecular weight is 345 g/mol. The molecule has 0 aliphatic heterocycles. The van der Waals surface area contributed by atoms with Gasteiger partial charge in [-0.05, 0) is 33.9 Å². The first-order valence-electron chi connectivity index (χ1n) is 8.29. The Morgan fingerprint density at radius 1 is 1.36 bits per heavy atom. The van der Waals surface area contributed by atoms with Crippen LogP contribution in [0.1, 0.15) is 46.7 Å². The van der Waals surface area contributed by atoms with Crippen LogP contribution in [0, 0.1) is 6.92 Å². The fourth-order valence-electron chi connectivity index (χ4n) is 3.07. The molecule has 8 heteroatoms. The van der Waals surface area contributed by atoms with E-state index >= 15 is 0 Å². The van der Waals surface area contributed by atoms with Gasteiger partial charge >= 0.3 is 0 Å². The summed E-state index contributed by atoms with van der Waals surface area (Å²) in [6.45, 7) is 2.39. The van der Waals surface area contributed by atoms with E-state index in [0.29, 0.717) is 5.76 Å². The van der Waals surface area contributed by atoms with Gasteiger partial charge in [-0.2, -0.15) is 0 Å². The summed E-state index contributed by atoms with van der Waals surface area (Å²) in [4.78, 5) is 25.7. The summed E-state index contributed by atoms with van der Waals surface area (Å²) in [6.07, 6.45) is 1.60. The van der Waals surface area contributed by atoms with Crippen LogP contribution in [-0.4, -0.2) is 45.7 Å². The van der Waals surface area contributed by atoms with Crippen molar-refractivity contribution in [3.63, 3.8) is 0 Å². The van der Waals surface area contributed by atoms with Crippen LogP contribution in [-0.2, 0) is 13.6 Å². The molecule has 0 saturated heterocycles. The first kappa shape index (κ1) is 17.3. The summed E-state index contributed by atoms with van der Waals surface area (Å²) in [5.74, 6) is 2.29. The van der Waals surface area contributed by atoms with Crippen molar-refractivity contribution in [3.8, 4) is 0 Å². The summed E-state index contributed by atoms with van der Waals surface area (Å²) >= 11 is 0. The minimum Gasteiger partial charge on any atom is -0.456 e. The number of amides is 1. The van der Waals surface area contributed by atoms with Crippen LogP contribution >= 0.6 is 0 Å². The summed E-state index contributed by atoms with van der Waals surface area (Å²) in [7, 11) is 5.96. The first-order chi connectivity index (χ1) is 11.8. The molecule has 8 nitrogen and oxygen atoms in total. The molecule has 1 saturated carbocycles. The first-order valence-corrected chi connectivity index (χ1v) is 8.29. The molecule has 1 fully saturated rings. The summed E-state index contributed by atoms with van der Waals surface area (Å²) < 4.78 is 7.35. The molecule has 1 aliphatic rings. The van der Waals surface area contributed by atoms with Gasteiger partial charge in [-0.3, -0.25) is 9.59 Å². The number of hydrogen-bond acceptors (Lipinski definition) is 6. The second-order valence-corrected chi connectivity index (χ2v) is 6.88. The van der Waals surface area contributed by atoms with Crippen molar-refractivity contribution in [3.05, 3.63) is 45.5 Å². The van der Waals surface area contributed by atoms with E-state index in [1.165, 1.54) is 12.1 Å². The van der Waals surface area contributed by atoms with Crippen LogP contribution in [0.5, 0.6) is 0 Å². The molecule has 1 amide bonds. The molecule has 1 aliphatic carbocycles. The third-order valence-corrected chi connectivity index (χ3v) is 4.41. The van der Waals surface area contributed by atoms with Crippen LogP contribution in [0.4, 0.5) is 0 Å². The molecule has 25 heavy (non-hydrogen) atoms. The van der Waals surface area contributed by atoms with E-state index in [2.05, 4.69) is 15.5 Å². The minimum atomic E-state index is -0.351. The maximum absolute atomic E-state index is 12.2. The molecule has 134 valence electrons. The molecule has 0 bridgehead atoms. The number of aryl methyl sites for hydroxylation is 1. The molecule has 0 radical (unpaired) electrons. The summed E-state index contributed by atoms with van der Waals surface area (Å²) in [5.41, 5.74) is -0.229. The molecule has 2 aromatic rings. The van der Waals surface area contributed by atoms with Gasteiger partial charge < -0.3 is 19.2 Å². The summed E-state index contributed by atoms with van der Waals surface area (Å²) in [5, 5.41) is 11.5. The smallest absolute Gasteiger partial charge is 0.287 e. The minimum absolute atomic E-state index is 0.0531. The zero-order valence-electron chi connectivity index (χ0n) is 14.9. The monoisotopic (exact) mass is 345 g/mol. The van der Waals surface area contributed by atoms with Crippen LogP contribution in [0.2, 0.25) is 0 Å². The highest BCUT2D eigenvalue weighted by Crippen LogP contribution is 2.36. The molecule has 2 aromatic heterocycles. The molecular weight excluding hydrogens is 322 g/mol. The van der Waals surface area contributed by atoms with E-state index < -0.39 is 0 Å². The molecule has 3 rings (SSSR count). The SMILES string of the molecule is Cc1cc(=O)cc(C(=O)NC2CC(c3nnc(CN(C)C)n3C)C2)o1. The highest BCUT2D eigenvalue weighted by atomic mass is 16.3. The van der Waals surface area contributed by atoms with Crippen molar-refractivity contribution in [2.45, 2.75) is 38.3 Å². The Bertz CT molecular complexity index is 833. The lowest BCUT2D eigenvalue weighted by Gasteiger charge is -2.34. The van der Waals surface area contributed by atoms with E-state index in [1.807, 2.05) is 30.6 Å². The van der Waals surface area contributed by atoms with Crippen molar-refractivity contribution in [2.75, 3.05) is 14.1 Å². The topological polar surface area (TPSA) is 93.3 Å². The van der Waals surface area contributed by atoms with Crippen LogP contribution in [0.3, 0.4) is 0 Å². The lowest BCUT2D eigenvalue weighted by molar-refractivity contribution is 0.0874. The Morgan fingerprint density at radius 2 is 2.08 bits per heavy atom. The largest absolute Gasteiger partial charge is 0.456 e. The van der Waals surface area contributed by atoms with E-state index in [-0.39, 0.29) is 29.1 Å². The van der Waals surface area contributed by atoms with E-state index in [9.17, 15) is 9.59 Å². The Morgan fingerprint density at radius 3 is 2.72 bits per heavy atom. The number of nitrogens with one attached hydrogen (secondary N) is 1. The van der Waals surface area contributed by atoms with E-state index in [4.69, 9.17) is 4.42 Å². The van der Waals surface area contributed by atoms with Gasteiger partial charge in [0, 0.05) is 31.1 Å². The zero-order valence-corrected chi connectivity index (χ0v) is 14.9. The Labute approximate surface area is 145 Å². The second kappa shape index (κ2) is 6.79. The van der Waals surface area contributed by atoms with Crippen LogP contribution < -0.4 is 10.7 Å². The Hall–Kier alpha value is -2.48. The third kappa shape index (κ3) is 3.79. The predicted molar refractivity (Wildman–Crippen MR) is 91.3 cm³/mol. The fraction of sp³-hybridized carbons (Fsp3) is 0.529. The normalized spacial score (nSPS) is 19.7. The standard InChI is InChI=1S/C17H23N5O3/c1-10-5-13(23)8-14(25-10)17(24)18-12-6-11(7-12)16-20-19-15(22(16)4)9-21(2)3/h5,8,11-12H,6-7,9H2,1-4H3,(H,18,24). The molecule has 2 heterocycles. The molecular formula is C17H23N5O3. The number of carbonyl (C=O) groups excluding carboxylic acids is 1. The summed E-state index contributed by atoms with van der Waals surface area (Å²) in [6, 6.07) is 2.63. The number of nitrogens with zero attached hydrogens (tertiary/aromatic N) is 4. The lowest BCUT2D eigenvalue weighted by Crippen LogP contribution is -2.44. The fourth-order valence-corrected chi connectivity index (χ4v) is 3.07. The third-order valence-electron chi connectivity index (χ3n) is 4.41. The number of hydrogen-bond donors (Lipinski definition) is 1. The second-order valence-electron chi connectivity index (χ2n) is 6.88. The zero-order chi connectivity index (χ0) is 18.1. The predicted octanol–water partition coefficient (Wildman–Crippen LogP) is 0.814. The van der Waals surface area contributed by atoms with Crippen LogP contribution in [0.25, 0.3) is 0 Å². The van der Waals surface area contributed by atoms with Crippen molar-refractivity contribution >= 4 is 5.91 Å². The maximum atomic E-state index is 12.2. The maximum Gasteiger partial charge on any atom is 0.287 e. The van der Waals surface area contributed by atoms with Gasteiger partial charge in [0.15, 0.2) is 11.2 Å². The van der Waals surface area contributed by atoms with Gasteiger partial charge in [-0.25, -0.2) is 0 Å². The molecule has 0 atom stereocenters. The highest BCUT2D eigenvalue weighted by Gasteiger charge is 2.35. The van der Waals surface area contributed by atoms with Gasteiger partial charge in [0.25, 0.3) is 5.91 Å². The van der Waals surface area contributed by atoms with Gasteiger partial charge in [-0.1, -0.05) is 0 Å². The van der Waals surface area contributed by atoms with Gasteiger partial charge in [0.1, 0.15) is 17.4 Å². The van der Waals surface area contributed by atoms with Gasteiger partial charge in [0.2, 0.25) is 0 Å². The number of rotatable bonds is 5. The van der Waals surface area contributed by atoms with Crippen molar-refractivity contribution in [2.24, 2.45) is 7.05 Å². The quantitative estimate of drug-likeness (QED) is 0.862. The van der Waals surface area contributed by atoms with Crippen molar-refractivity contribution in [1.82, 2.24) is 25.0 Å². The van der Waals surface area contributed by atoms with Gasteiger partial charge in [0.05, 0.1) is 6.54 Å². The van der Waals surface area contributed by atoms with Gasteiger partial charge in [-0.15, -0.1) is 10.2 Å². The molecule has 0 unspecified atom stereocenters. The molecule has 0 spiro atoms. The molecule has 1 N–H and O–H groups in total. The lowest BCUT2D eigenvalue weighted by atomic mass is 9.79. The average Bonchev–Trinajstić information content (AvgIpc) is 2.81. The number of aromatic nitrogens is 3. The van der Waals surface area contributed by atoms with Crippen molar-refractivity contribution < 1.29 is 9.21 Å². The highest BCUT2D eigenvalue weighted by molar-refractivity contribution is 5.91.